The highest BCUT2D eigenvalue weighted by atomic mass is 35.5. The molecule has 13 heavy (non-hydrogen) atoms. The molecule has 0 radical (unpaired) electrons. The maximum absolute atomic E-state index is 10.7. The Morgan fingerprint density at radius 2 is 1.77 bits per heavy atom. The van der Waals surface area contributed by atoms with Crippen LogP contribution in [0.3, 0.4) is 0 Å². The zero-order chi connectivity index (χ0) is 9.31. The van der Waals surface area contributed by atoms with Crippen molar-refractivity contribution in [1.82, 2.24) is 4.90 Å². The highest BCUT2D eigenvalue weighted by molar-refractivity contribution is 6.63. The molecule has 3 heteroatoms. The van der Waals surface area contributed by atoms with Gasteiger partial charge < -0.3 is 4.90 Å². The molecule has 3 fully saturated rings. The Labute approximate surface area is 84.2 Å². The van der Waals surface area contributed by atoms with Crippen LogP contribution in [0.4, 0.5) is 0 Å². The fraction of sp³-hybridized carbons (Fsp3) is 0.900. The fourth-order valence-corrected chi connectivity index (χ4v) is 2.73. The van der Waals surface area contributed by atoms with Gasteiger partial charge in [-0.3, -0.25) is 4.79 Å². The zero-order valence-electron chi connectivity index (χ0n) is 7.89. The van der Waals surface area contributed by atoms with Crippen LogP contribution in [0.5, 0.6) is 0 Å². The summed E-state index contributed by atoms with van der Waals surface area (Å²) in [4.78, 5) is 13.2. The van der Waals surface area contributed by atoms with Crippen molar-refractivity contribution in [3.63, 3.8) is 0 Å². The van der Waals surface area contributed by atoms with Gasteiger partial charge in [0, 0.05) is 6.42 Å². The van der Waals surface area contributed by atoms with Crippen molar-refractivity contribution in [3.8, 4) is 0 Å². The van der Waals surface area contributed by atoms with Crippen LogP contribution in [-0.4, -0.2) is 29.8 Å². The maximum atomic E-state index is 10.7. The summed E-state index contributed by atoms with van der Waals surface area (Å²) in [5, 5.41) is -0.164. The standard InChI is InChI=1S/C10H16ClNO/c11-9(13)1-2-10-3-6-12(7-4-10)8-5-10/h1-8H2. The summed E-state index contributed by atoms with van der Waals surface area (Å²) in [5.74, 6) is 0. The second-order valence-electron chi connectivity index (χ2n) is 4.45. The van der Waals surface area contributed by atoms with Gasteiger partial charge in [0.25, 0.3) is 0 Å². The number of rotatable bonds is 3. The molecule has 74 valence electrons. The second kappa shape index (κ2) is 3.58. The lowest BCUT2D eigenvalue weighted by atomic mass is 9.69. The van der Waals surface area contributed by atoms with Crippen LogP contribution in [0.1, 0.15) is 32.1 Å². The third-order valence-corrected chi connectivity index (χ3v) is 3.92. The van der Waals surface area contributed by atoms with Crippen LogP contribution in [0.15, 0.2) is 0 Å². The van der Waals surface area contributed by atoms with Crippen LogP contribution in [-0.2, 0) is 4.79 Å². The highest BCUT2D eigenvalue weighted by Gasteiger charge is 2.38. The molecule has 3 aliphatic heterocycles. The van der Waals surface area contributed by atoms with Crippen molar-refractivity contribution < 1.29 is 4.79 Å². The predicted octanol–water partition coefficient (Wildman–Crippen LogP) is 2.02. The van der Waals surface area contributed by atoms with Crippen molar-refractivity contribution in [2.45, 2.75) is 32.1 Å². The van der Waals surface area contributed by atoms with Crippen LogP contribution in [0.25, 0.3) is 0 Å². The van der Waals surface area contributed by atoms with E-state index in [1.54, 1.807) is 0 Å². The molecule has 0 aromatic rings. The van der Waals surface area contributed by atoms with E-state index in [0.29, 0.717) is 11.8 Å². The molecule has 2 nitrogen and oxygen atoms in total. The largest absolute Gasteiger partial charge is 0.303 e. The normalized spacial score (nSPS) is 37.8. The Kier molecular flexibility index (Phi) is 2.61. The van der Waals surface area contributed by atoms with Gasteiger partial charge in [0.15, 0.2) is 0 Å². The summed E-state index contributed by atoms with van der Waals surface area (Å²) < 4.78 is 0. The molecule has 0 amide bonds. The number of carbonyl (C=O) groups excluding carboxylic acids is 1. The molecule has 0 spiro atoms. The van der Waals surface area contributed by atoms with Gasteiger partial charge in [0.1, 0.15) is 0 Å². The van der Waals surface area contributed by atoms with Gasteiger partial charge in [-0.05, 0) is 62.3 Å². The zero-order valence-corrected chi connectivity index (χ0v) is 8.65. The molecule has 2 bridgehead atoms. The highest BCUT2D eigenvalue weighted by Crippen LogP contribution is 2.43. The Morgan fingerprint density at radius 3 is 2.23 bits per heavy atom. The fourth-order valence-electron chi connectivity index (χ4n) is 2.63. The van der Waals surface area contributed by atoms with Crippen molar-refractivity contribution in [1.29, 1.82) is 0 Å². The number of carbonyl (C=O) groups is 1. The molecule has 0 unspecified atom stereocenters. The lowest BCUT2D eigenvalue weighted by molar-refractivity contribution is -0.112. The summed E-state index contributed by atoms with van der Waals surface area (Å²) in [5.41, 5.74) is 0.472. The van der Waals surface area contributed by atoms with Crippen molar-refractivity contribution in [2.75, 3.05) is 19.6 Å². The van der Waals surface area contributed by atoms with Gasteiger partial charge in [-0.1, -0.05) is 0 Å². The molecule has 3 saturated heterocycles. The molecular formula is C10H16ClNO. The third-order valence-electron chi connectivity index (χ3n) is 3.73. The van der Waals surface area contributed by atoms with Gasteiger partial charge in [-0.25, -0.2) is 0 Å². The third kappa shape index (κ3) is 2.05. The summed E-state index contributed by atoms with van der Waals surface area (Å²) in [6, 6.07) is 0. The van der Waals surface area contributed by atoms with Gasteiger partial charge in [-0.2, -0.15) is 0 Å². The van der Waals surface area contributed by atoms with Crippen molar-refractivity contribution >= 4 is 16.8 Å². The van der Waals surface area contributed by atoms with Gasteiger partial charge in [0.05, 0.1) is 0 Å². The first kappa shape index (κ1) is 9.47. The first-order chi connectivity index (χ1) is 6.20. The lowest BCUT2D eigenvalue weighted by Crippen LogP contribution is -2.48. The summed E-state index contributed by atoms with van der Waals surface area (Å²) >= 11 is 5.38. The number of piperidine rings is 3. The van der Waals surface area contributed by atoms with E-state index in [1.165, 1.54) is 38.9 Å². The van der Waals surface area contributed by atoms with Gasteiger partial charge >= 0.3 is 0 Å². The molecule has 3 aliphatic rings. The predicted molar refractivity (Wildman–Crippen MR) is 52.8 cm³/mol. The minimum absolute atomic E-state index is 0.164. The number of nitrogens with zero attached hydrogens (tertiary/aromatic N) is 1. The van der Waals surface area contributed by atoms with E-state index in [-0.39, 0.29) is 5.24 Å². The van der Waals surface area contributed by atoms with E-state index in [9.17, 15) is 4.79 Å². The van der Waals surface area contributed by atoms with E-state index in [1.807, 2.05) is 0 Å². The molecule has 0 saturated carbocycles. The average molecular weight is 202 g/mol. The second-order valence-corrected chi connectivity index (χ2v) is 4.87. The topological polar surface area (TPSA) is 20.3 Å². The van der Waals surface area contributed by atoms with Crippen molar-refractivity contribution in [3.05, 3.63) is 0 Å². The Balaban J connectivity index is 1.91. The minimum Gasteiger partial charge on any atom is -0.303 e. The van der Waals surface area contributed by atoms with E-state index in [2.05, 4.69) is 4.90 Å². The van der Waals surface area contributed by atoms with Crippen LogP contribution in [0.2, 0.25) is 0 Å². The van der Waals surface area contributed by atoms with E-state index < -0.39 is 0 Å². The van der Waals surface area contributed by atoms with E-state index in [0.717, 1.165) is 6.42 Å². The summed E-state index contributed by atoms with van der Waals surface area (Å²) in [6.45, 7) is 3.70. The molecular weight excluding hydrogens is 186 g/mol. The van der Waals surface area contributed by atoms with Gasteiger partial charge in [-0.15, -0.1) is 0 Å². The summed E-state index contributed by atoms with van der Waals surface area (Å²) in [6.07, 6.45) is 5.41. The van der Waals surface area contributed by atoms with Crippen LogP contribution >= 0.6 is 11.6 Å². The molecule has 3 rings (SSSR count). The molecule has 0 atom stereocenters. The first-order valence-electron chi connectivity index (χ1n) is 5.11. The van der Waals surface area contributed by atoms with Crippen LogP contribution in [0, 0.1) is 5.41 Å². The average Bonchev–Trinajstić information content (AvgIpc) is 2.18. The Morgan fingerprint density at radius 1 is 1.23 bits per heavy atom. The molecule has 0 aromatic heterocycles. The quantitative estimate of drug-likeness (QED) is 0.652. The smallest absolute Gasteiger partial charge is 0.221 e. The summed E-state index contributed by atoms with van der Waals surface area (Å²) in [7, 11) is 0. The van der Waals surface area contributed by atoms with E-state index in [4.69, 9.17) is 11.6 Å². The SMILES string of the molecule is O=C(Cl)CCC12CCN(CC1)CC2. The number of hydrogen-bond acceptors (Lipinski definition) is 2. The number of halogens is 1. The number of fused-ring (bicyclic) bond motifs is 3. The lowest BCUT2D eigenvalue weighted by Gasteiger charge is -2.48. The Bertz CT molecular complexity index is 195. The molecule has 0 N–H and O–H groups in total. The van der Waals surface area contributed by atoms with Crippen molar-refractivity contribution in [2.24, 2.45) is 5.41 Å². The van der Waals surface area contributed by atoms with E-state index >= 15 is 0 Å². The van der Waals surface area contributed by atoms with Gasteiger partial charge in [0.2, 0.25) is 5.24 Å². The van der Waals surface area contributed by atoms with Crippen LogP contribution < -0.4 is 0 Å². The molecule has 0 aliphatic carbocycles. The Hall–Kier alpha value is -0.0800. The maximum Gasteiger partial charge on any atom is 0.221 e. The monoisotopic (exact) mass is 201 g/mol. The number of hydrogen-bond donors (Lipinski definition) is 0. The molecule has 3 heterocycles. The minimum atomic E-state index is -0.164. The molecule has 0 aromatic carbocycles. The first-order valence-corrected chi connectivity index (χ1v) is 5.49.